The quantitative estimate of drug-likeness (QED) is 0.804. The van der Waals surface area contributed by atoms with Gasteiger partial charge in [-0.1, -0.05) is 48.2 Å². The number of nitrogens with zero attached hydrogens (tertiary/aromatic N) is 1. The third-order valence-electron chi connectivity index (χ3n) is 4.81. The van der Waals surface area contributed by atoms with Crippen molar-refractivity contribution in [1.29, 1.82) is 0 Å². The second-order valence-electron chi connectivity index (χ2n) is 6.65. The predicted octanol–water partition coefficient (Wildman–Crippen LogP) is 4.45. The Kier molecular flexibility index (Phi) is 5.61. The molecule has 1 saturated carbocycles. The van der Waals surface area contributed by atoms with Gasteiger partial charge in [0.15, 0.2) is 0 Å². The molecule has 2 N–H and O–H groups in total. The van der Waals surface area contributed by atoms with Crippen LogP contribution in [-0.2, 0) is 4.79 Å². The molecule has 2 aromatic rings. The number of hydrogen-bond donors (Lipinski definition) is 2. The van der Waals surface area contributed by atoms with E-state index >= 15 is 0 Å². The minimum absolute atomic E-state index is 0.0154. The summed E-state index contributed by atoms with van der Waals surface area (Å²) in [4.78, 5) is 24.1. The molecule has 1 aromatic heterocycles. The van der Waals surface area contributed by atoms with Gasteiger partial charge in [-0.2, -0.15) is 0 Å². The molecule has 1 atom stereocenters. The lowest BCUT2D eigenvalue weighted by molar-refractivity contribution is -0.126. The van der Waals surface area contributed by atoms with Crippen LogP contribution in [-0.4, -0.2) is 22.1 Å². The van der Waals surface area contributed by atoms with Crippen LogP contribution >= 0.6 is 11.6 Å². The van der Waals surface area contributed by atoms with Crippen molar-refractivity contribution in [3.8, 4) is 11.3 Å². The van der Waals surface area contributed by atoms with Gasteiger partial charge in [-0.3, -0.25) is 4.79 Å². The minimum Gasteiger partial charge on any atom is -0.475 e. The fraction of sp³-hybridized carbons (Fsp3) is 0.421. The SMILES string of the molecule is CC(NC(=O)C1CCCCC1)c1c(-c2ccc(Cl)cc2)noc1C(=O)O. The van der Waals surface area contributed by atoms with E-state index in [4.69, 9.17) is 16.1 Å². The summed E-state index contributed by atoms with van der Waals surface area (Å²) >= 11 is 5.92. The molecule has 0 spiro atoms. The van der Waals surface area contributed by atoms with E-state index in [9.17, 15) is 14.7 Å². The number of carboxylic acids is 1. The molecule has 1 heterocycles. The van der Waals surface area contributed by atoms with Crippen LogP contribution in [0.5, 0.6) is 0 Å². The standard InChI is InChI=1S/C19H21ClN2O4/c1-11(21-18(23)13-5-3-2-4-6-13)15-16(22-26-17(15)19(24)25)12-7-9-14(20)10-8-12/h7-11,13H,2-6H2,1H3,(H,21,23)(H,24,25). The van der Waals surface area contributed by atoms with Gasteiger partial charge in [-0.25, -0.2) is 4.79 Å². The van der Waals surface area contributed by atoms with Crippen molar-refractivity contribution in [3.63, 3.8) is 0 Å². The normalized spacial score (nSPS) is 16.2. The second kappa shape index (κ2) is 7.91. The Balaban J connectivity index is 1.88. The summed E-state index contributed by atoms with van der Waals surface area (Å²) in [6.45, 7) is 1.75. The van der Waals surface area contributed by atoms with Crippen LogP contribution < -0.4 is 5.32 Å². The number of amides is 1. The molecular formula is C19H21ClN2O4. The number of rotatable bonds is 5. The molecule has 1 fully saturated rings. The molecule has 1 unspecified atom stereocenters. The first kappa shape index (κ1) is 18.5. The second-order valence-corrected chi connectivity index (χ2v) is 7.09. The van der Waals surface area contributed by atoms with Crippen molar-refractivity contribution in [2.24, 2.45) is 5.92 Å². The fourth-order valence-corrected chi connectivity index (χ4v) is 3.56. The van der Waals surface area contributed by atoms with E-state index in [-0.39, 0.29) is 17.6 Å². The highest BCUT2D eigenvalue weighted by Crippen LogP contribution is 2.32. The van der Waals surface area contributed by atoms with Gasteiger partial charge in [0, 0.05) is 16.5 Å². The molecule has 0 bridgehead atoms. The maximum Gasteiger partial charge on any atom is 0.375 e. The molecule has 0 saturated heterocycles. The molecular weight excluding hydrogens is 356 g/mol. The summed E-state index contributed by atoms with van der Waals surface area (Å²) < 4.78 is 5.06. The topological polar surface area (TPSA) is 92.4 Å². The minimum atomic E-state index is -1.22. The van der Waals surface area contributed by atoms with Gasteiger partial charge < -0.3 is 14.9 Å². The molecule has 7 heteroatoms. The van der Waals surface area contributed by atoms with E-state index in [1.54, 1.807) is 31.2 Å². The lowest BCUT2D eigenvalue weighted by Gasteiger charge is -2.23. The van der Waals surface area contributed by atoms with E-state index in [1.165, 1.54) is 0 Å². The Hall–Kier alpha value is -2.34. The Morgan fingerprint density at radius 1 is 1.23 bits per heavy atom. The van der Waals surface area contributed by atoms with E-state index in [0.717, 1.165) is 32.1 Å². The van der Waals surface area contributed by atoms with Crippen LogP contribution in [0.3, 0.4) is 0 Å². The number of carboxylic acid groups (broad SMARTS) is 1. The van der Waals surface area contributed by atoms with E-state index in [2.05, 4.69) is 10.5 Å². The monoisotopic (exact) mass is 376 g/mol. The third-order valence-corrected chi connectivity index (χ3v) is 5.06. The zero-order chi connectivity index (χ0) is 18.7. The summed E-state index contributed by atoms with van der Waals surface area (Å²) in [6, 6.07) is 6.34. The number of carbonyl (C=O) groups is 2. The number of halogens is 1. The van der Waals surface area contributed by atoms with Gasteiger partial charge in [0.1, 0.15) is 5.69 Å². The summed E-state index contributed by atoms with van der Waals surface area (Å²) in [7, 11) is 0. The molecule has 6 nitrogen and oxygen atoms in total. The number of hydrogen-bond acceptors (Lipinski definition) is 4. The fourth-order valence-electron chi connectivity index (χ4n) is 3.44. The lowest BCUT2D eigenvalue weighted by atomic mass is 9.88. The van der Waals surface area contributed by atoms with Crippen molar-refractivity contribution >= 4 is 23.5 Å². The van der Waals surface area contributed by atoms with Gasteiger partial charge in [0.25, 0.3) is 0 Å². The van der Waals surface area contributed by atoms with Crippen molar-refractivity contribution in [2.75, 3.05) is 0 Å². The maximum absolute atomic E-state index is 12.6. The Morgan fingerprint density at radius 2 is 1.88 bits per heavy atom. The van der Waals surface area contributed by atoms with Crippen LogP contribution in [0, 0.1) is 5.92 Å². The first-order valence-electron chi connectivity index (χ1n) is 8.76. The number of carbonyl (C=O) groups excluding carboxylic acids is 1. The lowest BCUT2D eigenvalue weighted by Crippen LogP contribution is -2.34. The summed E-state index contributed by atoms with van der Waals surface area (Å²) in [5, 5.41) is 16.9. The van der Waals surface area contributed by atoms with Crippen LogP contribution in [0.15, 0.2) is 28.8 Å². The van der Waals surface area contributed by atoms with Crippen molar-refractivity contribution in [3.05, 3.63) is 40.6 Å². The Morgan fingerprint density at radius 3 is 2.50 bits per heavy atom. The summed E-state index contributed by atoms with van der Waals surface area (Å²) in [5.74, 6) is -1.53. The van der Waals surface area contributed by atoms with Crippen molar-refractivity contribution < 1.29 is 19.2 Å². The average molecular weight is 377 g/mol. The average Bonchev–Trinajstić information content (AvgIpc) is 3.08. The zero-order valence-electron chi connectivity index (χ0n) is 14.5. The van der Waals surface area contributed by atoms with Crippen molar-refractivity contribution in [1.82, 2.24) is 10.5 Å². The molecule has 26 heavy (non-hydrogen) atoms. The van der Waals surface area contributed by atoms with Crippen LogP contribution in [0.2, 0.25) is 5.02 Å². The molecule has 1 aliphatic carbocycles. The Labute approximate surface area is 156 Å². The van der Waals surface area contributed by atoms with E-state index in [1.807, 2.05) is 0 Å². The number of aromatic nitrogens is 1. The first-order valence-corrected chi connectivity index (χ1v) is 9.14. The number of benzene rings is 1. The largest absolute Gasteiger partial charge is 0.475 e. The first-order chi connectivity index (χ1) is 12.5. The molecule has 0 radical (unpaired) electrons. The highest BCUT2D eigenvalue weighted by atomic mass is 35.5. The summed E-state index contributed by atoms with van der Waals surface area (Å²) in [5.41, 5.74) is 1.44. The molecule has 1 aliphatic rings. The highest BCUT2D eigenvalue weighted by Gasteiger charge is 2.30. The van der Waals surface area contributed by atoms with Crippen LogP contribution in [0.25, 0.3) is 11.3 Å². The molecule has 138 valence electrons. The van der Waals surface area contributed by atoms with Crippen LogP contribution in [0.1, 0.15) is 61.2 Å². The smallest absolute Gasteiger partial charge is 0.375 e. The molecule has 1 amide bonds. The van der Waals surface area contributed by atoms with Gasteiger partial charge in [0.2, 0.25) is 11.7 Å². The highest BCUT2D eigenvalue weighted by molar-refractivity contribution is 6.30. The zero-order valence-corrected chi connectivity index (χ0v) is 15.3. The number of nitrogens with one attached hydrogen (secondary N) is 1. The molecule has 0 aliphatic heterocycles. The maximum atomic E-state index is 12.6. The van der Waals surface area contributed by atoms with E-state index in [0.29, 0.717) is 21.8 Å². The van der Waals surface area contributed by atoms with Gasteiger partial charge in [0.05, 0.1) is 11.6 Å². The molecule has 1 aromatic carbocycles. The summed E-state index contributed by atoms with van der Waals surface area (Å²) in [6.07, 6.45) is 5.01. The van der Waals surface area contributed by atoms with Crippen LogP contribution in [0.4, 0.5) is 0 Å². The van der Waals surface area contributed by atoms with Gasteiger partial charge >= 0.3 is 5.97 Å². The van der Waals surface area contributed by atoms with Gasteiger partial charge in [-0.15, -0.1) is 0 Å². The predicted molar refractivity (Wildman–Crippen MR) is 97.0 cm³/mol. The number of aromatic carboxylic acids is 1. The molecule has 3 rings (SSSR count). The van der Waals surface area contributed by atoms with E-state index < -0.39 is 12.0 Å². The third kappa shape index (κ3) is 3.90. The van der Waals surface area contributed by atoms with Gasteiger partial charge in [-0.05, 0) is 31.9 Å². The van der Waals surface area contributed by atoms with Crippen molar-refractivity contribution in [2.45, 2.75) is 45.1 Å². The Bertz CT molecular complexity index is 794.